The normalized spacial score (nSPS) is 10.6. The van der Waals surface area contributed by atoms with Gasteiger partial charge in [-0.05, 0) is 25.3 Å². The summed E-state index contributed by atoms with van der Waals surface area (Å²) in [5, 5.41) is 11.9. The van der Waals surface area contributed by atoms with Gasteiger partial charge in [0.15, 0.2) is 5.13 Å². The highest BCUT2D eigenvalue weighted by atomic mass is 32.1. The van der Waals surface area contributed by atoms with Crippen molar-refractivity contribution in [3.05, 3.63) is 34.7 Å². The molecular formula is C18H22N2O3S. The third-order valence-electron chi connectivity index (χ3n) is 3.60. The number of carboxylic acids is 1. The molecule has 2 N–H and O–H groups in total. The van der Waals surface area contributed by atoms with Crippen LogP contribution in [0, 0.1) is 6.92 Å². The van der Waals surface area contributed by atoms with Crippen LogP contribution in [0.2, 0.25) is 0 Å². The highest BCUT2D eigenvalue weighted by molar-refractivity contribution is 7.16. The fourth-order valence-corrected chi connectivity index (χ4v) is 3.27. The lowest BCUT2D eigenvalue weighted by Gasteiger charge is -2.02. The first-order valence-corrected chi connectivity index (χ1v) is 8.89. The molecule has 1 heterocycles. The van der Waals surface area contributed by atoms with Gasteiger partial charge in [0, 0.05) is 23.3 Å². The highest BCUT2D eigenvalue weighted by Crippen LogP contribution is 2.30. The van der Waals surface area contributed by atoms with E-state index in [0.29, 0.717) is 11.6 Å². The van der Waals surface area contributed by atoms with Gasteiger partial charge in [0.05, 0.1) is 5.69 Å². The second-order valence-electron chi connectivity index (χ2n) is 5.67. The number of amides is 1. The molecule has 0 radical (unpaired) electrons. The zero-order valence-electron chi connectivity index (χ0n) is 14.0. The number of nitrogens with one attached hydrogen (secondary N) is 1. The van der Waals surface area contributed by atoms with E-state index in [1.54, 1.807) is 0 Å². The number of aromatic nitrogens is 1. The Morgan fingerprint density at radius 3 is 2.54 bits per heavy atom. The predicted octanol–water partition coefficient (Wildman–Crippen LogP) is 4.26. The number of aliphatic carboxylic acids is 1. The van der Waals surface area contributed by atoms with Gasteiger partial charge in [-0.2, -0.15) is 0 Å². The Kier molecular flexibility index (Phi) is 6.49. The average Bonchev–Trinajstić information content (AvgIpc) is 2.88. The van der Waals surface area contributed by atoms with E-state index in [1.807, 2.05) is 6.92 Å². The number of thiazole rings is 1. The van der Waals surface area contributed by atoms with Gasteiger partial charge >= 0.3 is 5.97 Å². The molecule has 0 saturated heterocycles. The molecule has 1 aromatic heterocycles. The molecule has 0 spiro atoms. The fraction of sp³-hybridized carbons (Fsp3) is 0.389. The molecule has 128 valence electrons. The van der Waals surface area contributed by atoms with Crippen molar-refractivity contribution in [1.29, 1.82) is 0 Å². The first-order valence-electron chi connectivity index (χ1n) is 8.08. The van der Waals surface area contributed by atoms with E-state index in [1.165, 1.54) is 16.9 Å². The van der Waals surface area contributed by atoms with Crippen molar-refractivity contribution >= 4 is 28.3 Å². The second kappa shape index (κ2) is 8.59. The van der Waals surface area contributed by atoms with Crippen LogP contribution < -0.4 is 5.32 Å². The van der Waals surface area contributed by atoms with Gasteiger partial charge in [-0.3, -0.25) is 9.59 Å². The van der Waals surface area contributed by atoms with Crippen molar-refractivity contribution in [3.8, 4) is 11.3 Å². The molecule has 1 amide bonds. The molecule has 1 aromatic carbocycles. The number of nitrogens with zero attached hydrogens (tertiary/aromatic N) is 1. The monoisotopic (exact) mass is 346 g/mol. The van der Waals surface area contributed by atoms with Crippen molar-refractivity contribution < 1.29 is 14.7 Å². The molecule has 0 fully saturated rings. The summed E-state index contributed by atoms with van der Waals surface area (Å²) in [6, 6.07) is 8.35. The van der Waals surface area contributed by atoms with Gasteiger partial charge in [0.25, 0.3) is 0 Å². The smallest absolute Gasteiger partial charge is 0.303 e. The summed E-state index contributed by atoms with van der Waals surface area (Å²) in [6.07, 6.45) is 2.70. The SMILES string of the molecule is CCCc1ccc(-c2nc(NC(=O)CCCC(=O)O)sc2C)cc1. The van der Waals surface area contributed by atoms with E-state index < -0.39 is 5.97 Å². The van der Waals surface area contributed by atoms with Crippen molar-refractivity contribution in [2.75, 3.05) is 5.32 Å². The maximum Gasteiger partial charge on any atom is 0.303 e. The number of aryl methyl sites for hydroxylation is 2. The zero-order chi connectivity index (χ0) is 17.5. The first-order chi connectivity index (χ1) is 11.5. The summed E-state index contributed by atoms with van der Waals surface area (Å²) in [5.74, 6) is -1.09. The minimum atomic E-state index is -0.887. The van der Waals surface area contributed by atoms with E-state index >= 15 is 0 Å². The Morgan fingerprint density at radius 1 is 1.21 bits per heavy atom. The van der Waals surface area contributed by atoms with Crippen LogP contribution in [0.1, 0.15) is 43.0 Å². The molecule has 5 nitrogen and oxygen atoms in total. The van der Waals surface area contributed by atoms with Gasteiger partial charge in [0.2, 0.25) is 5.91 Å². The van der Waals surface area contributed by atoms with Crippen molar-refractivity contribution in [2.24, 2.45) is 0 Å². The summed E-state index contributed by atoms with van der Waals surface area (Å²) < 4.78 is 0. The number of benzene rings is 1. The number of hydrogen-bond acceptors (Lipinski definition) is 4. The zero-order valence-corrected chi connectivity index (χ0v) is 14.8. The van der Waals surface area contributed by atoms with Crippen LogP contribution in [0.5, 0.6) is 0 Å². The molecule has 0 bridgehead atoms. The third kappa shape index (κ3) is 5.16. The quantitative estimate of drug-likeness (QED) is 0.748. The third-order valence-corrected chi connectivity index (χ3v) is 4.49. The van der Waals surface area contributed by atoms with E-state index in [9.17, 15) is 9.59 Å². The lowest BCUT2D eigenvalue weighted by molar-refractivity contribution is -0.137. The Hall–Kier alpha value is -2.21. The number of carbonyl (C=O) groups is 2. The van der Waals surface area contributed by atoms with Gasteiger partial charge < -0.3 is 10.4 Å². The summed E-state index contributed by atoms with van der Waals surface area (Å²) in [7, 11) is 0. The molecule has 2 rings (SSSR count). The molecule has 0 atom stereocenters. The highest BCUT2D eigenvalue weighted by Gasteiger charge is 2.12. The maximum absolute atomic E-state index is 11.8. The Balaban J connectivity index is 2.01. The number of hydrogen-bond donors (Lipinski definition) is 2. The maximum atomic E-state index is 11.8. The van der Waals surface area contributed by atoms with Crippen molar-refractivity contribution in [2.45, 2.75) is 46.0 Å². The van der Waals surface area contributed by atoms with E-state index in [-0.39, 0.29) is 18.7 Å². The van der Waals surface area contributed by atoms with Crippen molar-refractivity contribution in [1.82, 2.24) is 4.98 Å². The number of anilines is 1. The van der Waals surface area contributed by atoms with Crippen molar-refractivity contribution in [3.63, 3.8) is 0 Å². The molecule has 0 saturated carbocycles. The van der Waals surface area contributed by atoms with E-state index in [0.717, 1.165) is 29.0 Å². The lowest BCUT2D eigenvalue weighted by Crippen LogP contribution is -2.11. The topological polar surface area (TPSA) is 79.3 Å². The van der Waals surface area contributed by atoms with E-state index in [2.05, 4.69) is 41.5 Å². The van der Waals surface area contributed by atoms with Crippen LogP contribution in [0.4, 0.5) is 5.13 Å². The second-order valence-corrected chi connectivity index (χ2v) is 6.87. The Morgan fingerprint density at radius 2 is 1.92 bits per heavy atom. The first kappa shape index (κ1) is 18.1. The summed E-state index contributed by atoms with van der Waals surface area (Å²) in [6.45, 7) is 4.14. The minimum absolute atomic E-state index is 0.000322. The Bertz CT molecular complexity index is 708. The van der Waals surface area contributed by atoms with Gasteiger partial charge in [0.1, 0.15) is 0 Å². The number of rotatable bonds is 8. The molecule has 24 heavy (non-hydrogen) atoms. The molecule has 0 unspecified atom stereocenters. The van der Waals surface area contributed by atoms with Crippen LogP contribution in [0.15, 0.2) is 24.3 Å². The van der Waals surface area contributed by atoms with Gasteiger partial charge in [-0.25, -0.2) is 4.98 Å². The van der Waals surface area contributed by atoms with Crippen LogP contribution in [-0.4, -0.2) is 22.0 Å². The minimum Gasteiger partial charge on any atom is -0.481 e. The summed E-state index contributed by atoms with van der Waals surface area (Å²) >= 11 is 1.43. The standard InChI is InChI=1S/C18H22N2O3S/c1-3-5-13-8-10-14(11-9-13)17-12(2)24-18(20-17)19-15(21)6-4-7-16(22)23/h8-11H,3-7H2,1-2H3,(H,22,23)(H,19,20,21). The predicted molar refractivity (Wildman–Crippen MR) is 96.4 cm³/mol. The molecule has 0 aliphatic heterocycles. The van der Waals surface area contributed by atoms with Crippen LogP contribution in [-0.2, 0) is 16.0 Å². The molecular weight excluding hydrogens is 324 g/mol. The van der Waals surface area contributed by atoms with Crippen LogP contribution in [0.25, 0.3) is 11.3 Å². The summed E-state index contributed by atoms with van der Waals surface area (Å²) in [4.78, 5) is 27.8. The van der Waals surface area contributed by atoms with Gasteiger partial charge in [-0.1, -0.05) is 37.6 Å². The molecule has 0 aliphatic carbocycles. The van der Waals surface area contributed by atoms with Gasteiger partial charge in [-0.15, -0.1) is 11.3 Å². The average molecular weight is 346 g/mol. The Labute approximate surface area is 145 Å². The molecule has 6 heteroatoms. The van der Waals surface area contributed by atoms with Crippen LogP contribution >= 0.6 is 11.3 Å². The lowest BCUT2D eigenvalue weighted by atomic mass is 10.1. The van der Waals surface area contributed by atoms with E-state index in [4.69, 9.17) is 5.11 Å². The summed E-state index contributed by atoms with van der Waals surface area (Å²) in [5.41, 5.74) is 3.22. The van der Waals surface area contributed by atoms with Crippen LogP contribution in [0.3, 0.4) is 0 Å². The number of carbonyl (C=O) groups excluding carboxylic acids is 1. The molecule has 0 aliphatic rings. The fourth-order valence-electron chi connectivity index (χ4n) is 2.42. The number of carboxylic acid groups (broad SMARTS) is 1. The largest absolute Gasteiger partial charge is 0.481 e. The molecule has 2 aromatic rings.